The molecule has 3 N–H and O–H groups in total. The van der Waals surface area contributed by atoms with Gasteiger partial charge in [0.2, 0.25) is 0 Å². The first kappa shape index (κ1) is 81.4. The maximum atomic E-state index is 12.9. The average Bonchev–Trinajstić information content (AvgIpc) is 0.739. The summed E-state index contributed by atoms with van der Waals surface area (Å²) < 4.78 is 31.4. The van der Waals surface area contributed by atoms with E-state index in [2.05, 4.69) is 27.7 Å². The van der Waals surface area contributed by atoms with Gasteiger partial charge in [0.1, 0.15) is 17.0 Å². The van der Waals surface area contributed by atoms with E-state index in [4.69, 9.17) is 103 Å². The summed E-state index contributed by atoms with van der Waals surface area (Å²) in [6.45, 7) is 21.6. The first-order valence-corrected chi connectivity index (χ1v) is 36.7. The Balaban J connectivity index is 0.000000194. The SMILES string of the molecule is C.CCOC(=O)C[C@@H](c1cc(Cl)cc(Cl)c1)N(C(=O)OC)C1CC2(C1)CN(C(=O)OC(C)(C)C)C2.CCOC(=O)C[C@H](NC1CC2(C1)CN(C(=O)OC(C)(C)C)C2)c1cc(Cl)cc(Cl)c1.COC(=O)N(C1CC2(C1)CN(CCc1ccc3c(n1)NCCC3)C2)[C@@H](CC(=O)O)c1cc(Cl)cc(Cl)c1. The molecule has 5 heterocycles. The van der Waals surface area contributed by atoms with E-state index in [1.165, 1.54) is 19.8 Å². The molecule has 11 rings (SSSR count). The van der Waals surface area contributed by atoms with E-state index in [1.54, 1.807) is 75.9 Å². The molecule has 3 aliphatic carbocycles. The molecule has 28 heteroatoms. The van der Waals surface area contributed by atoms with Crippen molar-refractivity contribution >= 4 is 118 Å². The second-order valence-corrected chi connectivity index (χ2v) is 32.6. The number of aryl methyl sites for hydroxylation is 1. The molecular formula is C74H98Cl6N8O14. The number of anilines is 1. The lowest BCUT2D eigenvalue weighted by molar-refractivity contribution is -0.146. The van der Waals surface area contributed by atoms with Crippen LogP contribution >= 0.6 is 69.6 Å². The number of hydrogen-bond donors (Lipinski definition) is 3. The molecule has 3 spiro atoms. The molecule has 22 nitrogen and oxygen atoms in total. The Hall–Kier alpha value is -6.24. The van der Waals surface area contributed by atoms with Gasteiger partial charge in [0.25, 0.3) is 0 Å². The van der Waals surface area contributed by atoms with Crippen LogP contribution in [0.2, 0.25) is 30.1 Å². The number of benzene rings is 3. The molecule has 0 bridgehead atoms. The van der Waals surface area contributed by atoms with Crippen LogP contribution in [0.4, 0.5) is 25.0 Å². The fourth-order valence-corrected chi connectivity index (χ4v) is 16.9. The Kier molecular flexibility index (Phi) is 27.4. The van der Waals surface area contributed by atoms with Crippen molar-refractivity contribution in [1.82, 2.24) is 34.8 Å². The summed E-state index contributed by atoms with van der Waals surface area (Å²) in [4.78, 5) is 100. The predicted octanol–water partition coefficient (Wildman–Crippen LogP) is 16.1. The molecule has 3 saturated heterocycles. The monoisotopic (exact) mass is 1530 g/mol. The zero-order valence-electron chi connectivity index (χ0n) is 59.1. The number of aliphatic carboxylic acids is 1. The average molecular weight is 1540 g/mol. The molecule has 6 fully saturated rings. The maximum Gasteiger partial charge on any atom is 0.410 e. The summed E-state index contributed by atoms with van der Waals surface area (Å²) in [7, 11) is 2.63. The van der Waals surface area contributed by atoms with Gasteiger partial charge in [0.15, 0.2) is 0 Å². The number of carbonyl (C=O) groups excluding carboxylic acids is 6. The van der Waals surface area contributed by atoms with Crippen LogP contribution in [0.15, 0.2) is 66.7 Å². The summed E-state index contributed by atoms with van der Waals surface area (Å²) in [5.41, 5.74) is 3.68. The summed E-state index contributed by atoms with van der Waals surface area (Å²) in [6, 6.07) is 17.9. The minimum absolute atomic E-state index is 0. The van der Waals surface area contributed by atoms with Gasteiger partial charge in [0, 0.05) is 130 Å². The zero-order chi connectivity index (χ0) is 73.5. The van der Waals surface area contributed by atoms with E-state index in [1.807, 2.05) is 53.7 Å². The highest BCUT2D eigenvalue weighted by Crippen LogP contribution is 2.55. The molecule has 1 aromatic heterocycles. The molecule has 0 unspecified atom stereocenters. The van der Waals surface area contributed by atoms with Gasteiger partial charge < -0.3 is 58.9 Å². The number of likely N-dealkylation sites (tertiary alicyclic amines) is 3. The van der Waals surface area contributed by atoms with Crippen molar-refractivity contribution in [3.05, 3.63) is 125 Å². The van der Waals surface area contributed by atoms with Crippen LogP contribution in [0.5, 0.6) is 0 Å². The number of esters is 2. The number of ether oxygens (including phenoxy) is 6. The van der Waals surface area contributed by atoms with Crippen LogP contribution in [-0.2, 0) is 55.6 Å². The lowest BCUT2D eigenvalue weighted by atomic mass is 9.60. The molecule has 3 atom stereocenters. The first-order chi connectivity index (χ1) is 47.6. The third-order valence-corrected chi connectivity index (χ3v) is 20.7. The Morgan fingerprint density at radius 1 is 0.598 bits per heavy atom. The second kappa shape index (κ2) is 34.3. The van der Waals surface area contributed by atoms with Crippen LogP contribution in [-0.4, -0.2) is 186 Å². The van der Waals surface area contributed by atoms with Crippen molar-refractivity contribution in [1.29, 1.82) is 0 Å². The van der Waals surface area contributed by atoms with Crippen molar-refractivity contribution in [3.8, 4) is 0 Å². The van der Waals surface area contributed by atoms with Gasteiger partial charge in [-0.15, -0.1) is 0 Å². The number of halogens is 6. The van der Waals surface area contributed by atoms with E-state index in [9.17, 15) is 38.7 Å². The lowest BCUT2D eigenvalue weighted by Gasteiger charge is -2.61. The van der Waals surface area contributed by atoms with Crippen LogP contribution < -0.4 is 10.6 Å². The smallest absolute Gasteiger partial charge is 0.410 e. The normalized spacial score (nSPS) is 19.6. The number of carboxylic acid groups (broad SMARTS) is 1. The standard InChI is InChI=1S/C27H32Cl2N4O4.C24H32Cl2N2O6.C22H30Cl2N2O4.CH4/c1-37-26(36)33(23(12-24(34)35)18-9-19(28)11-20(29)10-18)22-13-27(14-22)15-32(16-27)8-6-21-5-4-17-3-2-7-30-25(17)31-21;1-6-33-20(29)10-19(15-7-16(25)9-17(26)8-15)28(22(31)32-5)18-11-24(12-18)13-27(14-24)21(30)34-23(2,3)4;1-5-29-19(27)9-18(14-6-15(23)8-16(24)7-14)25-17-10-22(11-17)12-26(13-22)20(28)30-21(2,3)4;/h4-5,9-11,22-23H,2-3,6-8,12-16H2,1H3,(H,30,31)(H,34,35);7-9,18-19H,6,10-14H2,1-5H3;6-8,17-18,25H,5,9-13H2,1-4H3;1H4/t23-;19-;18-;/m000./s1. The Morgan fingerprint density at radius 3 is 1.43 bits per heavy atom. The molecular weight excluding hydrogens is 1440 g/mol. The van der Waals surface area contributed by atoms with E-state index in [-0.39, 0.29) is 91.9 Å². The number of nitrogens with one attached hydrogen (secondary N) is 2. The van der Waals surface area contributed by atoms with Crippen LogP contribution in [0.3, 0.4) is 0 Å². The molecule has 0 radical (unpaired) electrons. The minimum atomic E-state index is -1.01. The van der Waals surface area contributed by atoms with Crippen molar-refractivity contribution in [3.63, 3.8) is 0 Å². The summed E-state index contributed by atoms with van der Waals surface area (Å²) >= 11 is 37.2. The number of aromatic nitrogens is 1. The number of pyridine rings is 1. The number of nitrogens with zero attached hydrogens (tertiary/aromatic N) is 6. The highest BCUT2D eigenvalue weighted by molar-refractivity contribution is 6.35. The van der Waals surface area contributed by atoms with Gasteiger partial charge in [-0.3, -0.25) is 24.2 Å². The van der Waals surface area contributed by atoms with Gasteiger partial charge in [-0.1, -0.05) is 83.1 Å². The van der Waals surface area contributed by atoms with Crippen LogP contribution in [0, 0.1) is 16.2 Å². The largest absolute Gasteiger partial charge is 0.481 e. The fraction of sp³-hybridized carbons (Fsp3) is 0.595. The first-order valence-electron chi connectivity index (χ1n) is 34.4. The number of carboxylic acids is 1. The summed E-state index contributed by atoms with van der Waals surface area (Å²) in [6.07, 6.45) is 6.22. The summed E-state index contributed by atoms with van der Waals surface area (Å²) in [5, 5.41) is 19.2. The zero-order valence-corrected chi connectivity index (χ0v) is 63.6. The van der Waals surface area contributed by atoms with E-state index >= 15 is 0 Å². The number of amides is 4. The number of hydrogen-bond acceptors (Lipinski definition) is 17. The second-order valence-electron chi connectivity index (χ2n) is 29.9. The van der Waals surface area contributed by atoms with Gasteiger partial charge in [0.05, 0.1) is 58.8 Å². The predicted molar refractivity (Wildman–Crippen MR) is 394 cm³/mol. The third-order valence-electron chi connectivity index (χ3n) is 19.4. The molecule has 3 saturated carbocycles. The van der Waals surface area contributed by atoms with Crippen molar-refractivity contribution < 1.29 is 67.1 Å². The molecule has 102 heavy (non-hydrogen) atoms. The van der Waals surface area contributed by atoms with Crippen LogP contribution in [0.1, 0.15) is 173 Å². The van der Waals surface area contributed by atoms with E-state index < -0.39 is 47.4 Å². The van der Waals surface area contributed by atoms with Crippen molar-refractivity contribution in [2.45, 2.75) is 187 Å². The lowest BCUT2D eigenvalue weighted by Crippen LogP contribution is -2.68. The Morgan fingerprint density at radius 2 is 1.01 bits per heavy atom. The number of rotatable bonds is 20. The van der Waals surface area contributed by atoms with Crippen molar-refractivity contribution in [2.75, 3.05) is 85.1 Å². The molecule has 4 aliphatic heterocycles. The topological polar surface area (TPSA) is 248 Å². The van der Waals surface area contributed by atoms with Crippen LogP contribution in [0.25, 0.3) is 0 Å². The quantitative estimate of drug-likeness (QED) is 0.0549. The number of fused-ring (bicyclic) bond motifs is 1. The van der Waals surface area contributed by atoms with Gasteiger partial charge in [-0.05, 0) is 195 Å². The number of methoxy groups -OCH3 is 2. The maximum absolute atomic E-state index is 12.9. The van der Waals surface area contributed by atoms with E-state index in [0.717, 1.165) is 88.2 Å². The van der Waals surface area contributed by atoms with Crippen molar-refractivity contribution in [2.24, 2.45) is 16.2 Å². The summed E-state index contributed by atoms with van der Waals surface area (Å²) in [5.74, 6) is -0.679. The van der Waals surface area contributed by atoms with Gasteiger partial charge >= 0.3 is 42.3 Å². The fourth-order valence-electron chi connectivity index (χ4n) is 15.3. The highest BCUT2D eigenvalue weighted by Gasteiger charge is 2.59. The molecule has 3 aromatic carbocycles. The Labute approximate surface area is 629 Å². The molecule has 7 aliphatic rings. The van der Waals surface area contributed by atoms with E-state index in [0.29, 0.717) is 86.9 Å². The van der Waals surface area contributed by atoms with Gasteiger partial charge in [-0.25, -0.2) is 24.2 Å². The molecule has 560 valence electrons. The third kappa shape index (κ3) is 21.3. The number of carbonyl (C=O) groups is 7. The Bertz CT molecular complexity index is 3580. The van der Waals surface area contributed by atoms with Gasteiger partial charge in [-0.2, -0.15) is 0 Å². The molecule has 4 amide bonds. The highest BCUT2D eigenvalue weighted by atomic mass is 35.5. The molecule has 4 aromatic rings. The minimum Gasteiger partial charge on any atom is -0.481 e.